The van der Waals surface area contributed by atoms with Crippen LogP contribution in [0.1, 0.15) is 37.1 Å². The molecule has 6 heteroatoms. The highest BCUT2D eigenvalue weighted by Crippen LogP contribution is 2.28. The van der Waals surface area contributed by atoms with Crippen LogP contribution in [-0.4, -0.2) is 44.7 Å². The van der Waals surface area contributed by atoms with Crippen LogP contribution in [0.2, 0.25) is 0 Å². The molecule has 1 aliphatic heterocycles. The van der Waals surface area contributed by atoms with Gasteiger partial charge in [0.05, 0.1) is 6.10 Å². The largest absolute Gasteiger partial charge is 0.391 e. The Labute approximate surface area is 147 Å². The standard InChI is InChI=1S/C19H24FN3O2/c1-2-18-21-9-12-22(18)11-8-19(25)23-10-7-16(17(24)13-23)14-3-5-15(20)6-4-14/h3-6,9,12,16-17,24H,2,7-8,10-11,13H2,1H3/t16-,17+/m0/s1. The van der Waals surface area contributed by atoms with Gasteiger partial charge in [-0.1, -0.05) is 19.1 Å². The molecule has 2 atom stereocenters. The number of amides is 1. The molecule has 3 rings (SSSR count). The van der Waals surface area contributed by atoms with Gasteiger partial charge in [0.2, 0.25) is 5.91 Å². The van der Waals surface area contributed by atoms with E-state index in [0.29, 0.717) is 32.5 Å². The normalized spacial score (nSPS) is 20.7. The quantitative estimate of drug-likeness (QED) is 0.905. The lowest BCUT2D eigenvalue weighted by Gasteiger charge is -2.36. The predicted octanol–water partition coefficient (Wildman–Crippen LogP) is 2.35. The number of likely N-dealkylation sites (tertiary alicyclic amines) is 1. The third-order valence-corrected chi connectivity index (χ3v) is 4.92. The summed E-state index contributed by atoms with van der Waals surface area (Å²) in [7, 11) is 0. The smallest absolute Gasteiger partial charge is 0.224 e. The van der Waals surface area contributed by atoms with Gasteiger partial charge >= 0.3 is 0 Å². The molecule has 1 aromatic carbocycles. The second kappa shape index (κ2) is 7.78. The Morgan fingerprint density at radius 2 is 2.12 bits per heavy atom. The molecule has 25 heavy (non-hydrogen) atoms. The van der Waals surface area contributed by atoms with Crippen molar-refractivity contribution in [3.8, 4) is 0 Å². The van der Waals surface area contributed by atoms with Crippen LogP contribution in [-0.2, 0) is 17.8 Å². The van der Waals surface area contributed by atoms with Crippen molar-refractivity contribution in [1.82, 2.24) is 14.5 Å². The lowest BCUT2D eigenvalue weighted by Crippen LogP contribution is -2.45. The first-order valence-corrected chi connectivity index (χ1v) is 8.79. The molecule has 1 amide bonds. The highest BCUT2D eigenvalue weighted by atomic mass is 19.1. The Kier molecular flexibility index (Phi) is 5.48. The topological polar surface area (TPSA) is 58.4 Å². The maximum Gasteiger partial charge on any atom is 0.224 e. The molecule has 1 aromatic heterocycles. The van der Waals surface area contributed by atoms with E-state index < -0.39 is 6.10 Å². The van der Waals surface area contributed by atoms with Gasteiger partial charge < -0.3 is 14.6 Å². The van der Waals surface area contributed by atoms with Gasteiger partial charge in [-0.25, -0.2) is 9.37 Å². The summed E-state index contributed by atoms with van der Waals surface area (Å²) in [5, 5.41) is 10.4. The molecular weight excluding hydrogens is 321 g/mol. The number of rotatable bonds is 5. The molecule has 0 bridgehead atoms. The number of aromatic nitrogens is 2. The second-order valence-corrected chi connectivity index (χ2v) is 6.49. The van der Waals surface area contributed by atoms with E-state index in [9.17, 15) is 14.3 Å². The number of aliphatic hydroxyl groups excluding tert-OH is 1. The van der Waals surface area contributed by atoms with Gasteiger partial charge in [-0.15, -0.1) is 0 Å². The van der Waals surface area contributed by atoms with E-state index >= 15 is 0 Å². The van der Waals surface area contributed by atoms with E-state index in [4.69, 9.17) is 0 Å². The second-order valence-electron chi connectivity index (χ2n) is 6.49. The summed E-state index contributed by atoms with van der Waals surface area (Å²) in [6.07, 6.45) is 4.94. The Hall–Kier alpha value is -2.21. The number of nitrogens with zero attached hydrogens (tertiary/aromatic N) is 3. The van der Waals surface area contributed by atoms with Gasteiger partial charge in [-0.3, -0.25) is 4.79 Å². The minimum atomic E-state index is -0.623. The highest BCUT2D eigenvalue weighted by Gasteiger charge is 2.30. The average Bonchev–Trinajstić information content (AvgIpc) is 3.08. The minimum Gasteiger partial charge on any atom is -0.391 e. The number of benzene rings is 1. The lowest BCUT2D eigenvalue weighted by molar-refractivity contribution is -0.134. The molecule has 2 aromatic rings. The molecule has 0 aliphatic carbocycles. The number of imidazole rings is 1. The van der Waals surface area contributed by atoms with Crippen LogP contribution in [0.3, 0.4) is 0 Å². The van der Waals surface area contributed by atoms with Crippen molar-refractivity contribution in [2.75, 3.05) is 13.1 Å². The minimum absolute atomic E-state index is 0.0485. The summed E-state index contributed by atoms with van der Waals surface area (Å²) < 4.78 is 15.1. The maximum absolute atomic E-state index is 13.1. The SMILES string of the molecule is CCc1nccn1CCC(=O)N1CC[C@@H](c2ccc(F)cc2)[C@H](O)C1. The molecule has 0 saturated carbocycles. The van der Waals surface area contributed by atoms with E-state index in [-0.39, 0.29) is 17.6 Å². The van der Waals surface area contributed by atoms with Crippen LogP contribution in [0.5, 0.6) is 0 Å². The van der Waals surface area contributed by atoms with E-state index in [1.807, 2.05) is 17.7 Å². The highest BCUT2D eigenvalue weighted by molar-refractivity contribution is 5.76. The number of aliphatic hydroxyl groups is 1. The Balaban J connectivity index is 1.55. The fourth-order valence-electron chi connectivity index (χ4n) is 3.49. The molecule has 5 nitrogen and oxygen atoms in total. The molecule has 1 aliphatic rings. The van der Waals surface area contributed by atoms with Gasteiger partial charge in [0.25, 0.3) is 0 Å². The zero-order chi connectivity index (χ0) is 17.8. The van der Waals surface area contributed by atoms with E-state index in [1.165, 1.54) is 12.1 Å². The molecule has 1 fully saturated rings. The fraction of sp³-hybridized carbons (Fsp3) is 0.474. The zero-order valence-electron chi connectivity index (χ0n) is 14.4. The van der Waals surface area contributed by atoms with Gasteiger partial charge in [0.1, 0.15) is 11.6 Å². The van der Waals surface area contributed by atoms with E-state index in [1.54, 1.807) is 23.2 Å². The fourth-order valence-corrected chi connectivity index (χ4v) is 3.49. The molecule has 0 spiro atoms. The van der Waals surface area contributed by atoms with Crippen LogP contribution in [0.15, 0.2) is 36.7 Å². The lowest BCUT2D eigenvalue weighted by atomic mass is 9.87. The zero-order valence-corrected chi connectivity index (χ0v) is 14.4. The first kappa shape index (κ1) is 17.6. The van der Waals surface area contributed by atoms with E-state index in [2.05, 4.69) is 4.98 Å². The molecule has 0 unspecified atom stereocenters. The number of β-amino-alcohol motifs (C(OH)–C–C–N with tert-alkyl or cyclic N) is 1. The summed E-state index contributed by atoms with van der Waals surface area (Å²) in [4.78, 5) is 18.4. The third-order valence-electron chi connectivity index (χ3n) is 4.92. The van der Waals surface area contributed by atoms with Gasteiger partial charge in [0, 0.05) is 50.8 Å². The van der Waals surface area contributed by atoms with Crippen LogP contribution in [0.25, 0.3) is 0 Å². The number of piperidine rings is 1. The Morgan fingerprint density at radius 3 is 2.80 bits per heavy atom. The molecule has 0 radical (unpaired) electrons. The van der Waals surface area contributed by atoms with Crippen molar-refractivity contribution in [2.45, 2.75) is 44.8 Å². The Bertz CT molecular complexity index is 714. The monoisotopic (exact) mass is 345 g/mol. The van der Waals surface area contributed by atoms with Crippen molar-refractivity contribution in [1.29, 1.82) is 0 Å². The first-order chi connectivity index (χ1) is 12.1. The van der Waals surface area contributed by atoms with Gasteiger partial charge in [-0.05, 0) is 24.1 Å². The van der Waals surface area contributed by atoms with Crippen LogP contribution >= 0.6 is 0 Å². The summed E-state index contributed by atoms with van der Waals surface area (Å²) in [5.74, 6) is 0.692. The van der Waals surface area contributed by atoms with Gasteiger partial charge in [0.15, 0.2) is 0 Å². The molecule has 1 saturated heterocycles. The average molecular weight is 345 g/mol. The summed E-state index contributed by atoms with van der Waals surface area (Å²) in [6.45, 7) is 3.58. The number of hydrogen-bond donors (Lipinski definition) is 1. The molecule has 134 valence electrons. The number of halogens is 1. The van der Waals surface area contributed by atoms with Gasteiger partial charge in [-0.2, -0.15) is 0 Å². The number of carbonyl (C=O) groups excluding carboxylic acids is 1. The number of hydrogen-bond acceptors (Lipinski definition) is 3. The van der Waals surface area contributed by atoms with E-state index in [0.717, 1.165) is 17.8 Å². The van der Waals surface area contributed by atoms with Crippen molar-refractivity contribution in [3.63, 3.8) is 0 Å². The summed E-state index contributed by atoms with van der Waals surface area (Å²) in [5.41, 5.74) is 0.923. The summed E-state index contributed by atoms with van der Waals surface area (Å²) >= 11 is 0. The Morgan fingerprint density at radius 1 is 1.36 bits per heavy atom. The van der Waals surface area contributed by atoms with Crippen molar-refractivity contribution in [2.24, 2.45) is 0 Å². The van der Waals surface area contributed by atoms with Crippen LogP contribution < -0.4 is 0 Å². The molecule has 1 N–H and O–H groups in total. The van der Waals surface area contributed by atoms with Crippen LogP contribution in [0.4, 0.5) is 4.39 Å². The predicted molar refractivity (Wildman–Crippen MR) is 92.6 cm³/mol. The molecular formula is C19H24FN3O2. The third kappa shape index (κ3) is 4.07. The summed E-state index contributed by atoms with van der Waals surface area (Å²) in [6, 6.07) is 6.25. The maximum atomic E-state index is 13.1. The number of carbonyl (C=O) groups is 1. The van der Waals surface area contributed by atoms with Crippen molar-refractivity contribution in [3.05, 3.63) is 53.9 Å². The van der Waals surface area contributed by atoms with Crippen LogP contribution in [0, 0.1) is 5.82 Å². The van der Waals surface area contributed by atoms with Crippen molar-refractivity contribution < 1.29 is 14.3 Å². The van der Waals surface area contributed by atoms with Crippen molar-refractivity contribution >= 4 is 5.91 Å². The first-order valence-electron chi connectivity index (χ1n) is 8.79. The molecule has 2 heterocycles. The number of aryl methyl sites for hydroxylation is 2.